The minimum atomic E-state index is -0.0646. The first-order chi connectivity index (χ1) is 23.4. The van der Waals surface area contributed by atoms with E-state index in [0.29, 0.717) is 36.2 Å². The van der Waals surface area contributed by atoms with Crippen molar-refractivity contribution < 1.29 is 14.3 Å². The third-order valence-electron chi connectivity index (χ3n) is 11.3. The first-order valence-electron chi connectivity index (χ1n) is 17.2. The van der Waals surface area contributed by atoms with Gasteiger partial charge in [-0.3, -0.25) is 4.79 Å². The van der Waals surface area contributed by atoms with Crippen molar-refractivity contribution in [3.05, 3.63) is 77.9 Å². The highest BCUT2D eigenvalue weighted by Crippen LogP contribution is 2.42. The lowest BCUT2D eigenvalue weighted by Crippen LogP contribution is -2.50. The number of anilines is 1. The van der Waals surface area contributed by atoms with Crippen LogP contribution in [0.2, 0.25) is 0 Å². The second-order valence-electron chi connectivity index (χ2n) is 14.2. The summed E-state index contributed by atoms with van der Waals surface area (Å²) in [5.74, 6) is 2.76. The topological polar surface area (TPSA) is 111 Å². The maximum Gasteiger partial charge on any atom is 0.321 e. The van der Waals surface area contributed by atoms with E-state index >= 15 is 0 Å². The van der Waals surface area contributed by atoms with E-state index < -0.39 is 0 Å². The number of nitrogens with one attached hydrogen (secondary N) is 1. The van der Waals surface area contributed by atoms with Crippen LogP contribution < -0.4 is 15.8 Å². The number of benzene rings is 3. The Bertz CT molecular complexity index is 2070. The van der Waals surface area contributed by atoms with Gasteiger partial charge in [0.05, 0.1) is 23.8 Å². The largest absolute Gasteiger partial charge is 0.494 e. The molecule has 10 nitrogen and oxygen atoms in total. The number of likely N-dealkylation sites (tertiary alicyclic amines) is 2. The van der Waals surface area contributed by atoms with Gasteiger partial charge in [-0.1, -0.05) is 36.4 Å². The molecule has 2 aromatic heterocycles. The Morgan fingerprint density at radius 1 is 0.958 bits per heavy atom. The summed E-state index contributed by atoms with van der Waals surface area (Å²) in [6.45, 7) is 2.98. The maximum atomic E-state index is 13.8. The van der Waals surface area contributed by atoms with Crippen LogP contribution in [0.3, 0.4) is 0 Å². The van der Waals surface area contributed by atoms with Crippen LogP contribution in [-0.4, -0.2) is 74.7 Å². The summed E-state index contributed by atoms with van der Waals surface area (Å²) in [6.07, 6.45) is 4.52. The van der Waals surface area contributed by atoms with Crippen LogP contribution in [0.5, 0.6) is 5.75 Å². The highest BCUT2D eigenvalue weighted by molar-refractivity contribution is 6.01. The van der Waals surface area contributed by atoms with E-state index in [1.807, 2.05) is 59.3 Å². The van der Waals surface area contributed by atoms with Crippen LogP contribution in [0.15, 0.2) is 66.7 Å². The number of carbonyl (C=O) groups excluding carboxylic acids is 2. The lowest BCUT2D eigenvalue weighted by atomic mass is 9.90. The first-order valence-corrected chi connectivity index (χ1v) is 17.2. The minimum absolute atomic E-state index is 0.00420. The van der Waals surface area contributed by atoms with E-state index in [9.17, 15) is 9.59 Å². The van der Waals surface area contributed by atoms with Gasteiger partial charge in [-0.15, -0.1) is 0 Å². The molecule has 3 aromatic carbocycles. The predicted octanol–water partition coefficient (Wildman–Crippen LogP) is 5.81. The molecule has 3 amide bonds. The van der Waals surface area contributed by atoms with Crippen molar-refractivity contribution in [2.75, 3.05) is 32.1 Å². The smallest absolute Gasteiger partial charge is 0.321 e. The summed E-state index contributed by atoms with van der Waals surface area (Å²) in [5, 5.41) is 4.19. The number of rotatable bonds is 7. The number of aryl methyl sites for hydroxylation is 1. The summed E-state index contributed by atoms with van der Waals surface area (Å²) in [7, 11) is 3.68. The van der Waals surface area contributed by atoms with Crippen molar-refractivity contribution in [3.63, 3.8) is 0 Å². The van der Waals surface area contributed by atoms with Crippen molar-refractivity contribution in [1.82, 2.24) is 23.9 Å². The molecule has 246 valence electrons. The number of methoxy groups -OCH3 is 1. The average molecular weight is 644 g/mol. The van der Waals surface area contributed by atoms with E-state index in [1.165, 1.54) is 29.3 Å². The van der Waals surface area contributed by atoms with Gasteiger partial charge in [0.2, 0.25) is 0 Å². The van der Waals surface area contributed by atoms with Crippen molar-refractivity contribution in [2.45, 2.75) is 50.2 Å². The standard InChI is InChI=1S/C38H41N7O3/c1-42-35-29(15-25(17-32(35)48-2)37(46)45-21-24-13-14-30(45)33(24)39)41-36(42)31-16-23-7-6-10-28(34(23)44(31)18-22-11-12-22)26-19-43(20-26)38(47)40-27-8-4-3-5-9-27/h3-10,15-17,22,24,26,30,33H,11-14,18-21,39H2,1-2H3,(H,40,47)/t24-,30-,33-/m1/s1. The summed E-state index contributed by atoms with van der Waals surface area (Å²) < 4.78 is 10.5. The SMILES string of the molecule is COc1cc(C(=O)N2C[C@H]3CC[C@@H]2[C@@H]3N)cc2nc(-c3cc4cccc(C5CN(C(=O)Nc6ccccc6)C5)c4n3CC3CC3)n(C)c12. The summed E-state index contributed by atoms with van der Waals surface area (Å²) in [5.41, 5.74) is 13.0. The molecular weight excluding hydrogens is 602 g/mol. The predicted molar refractivity (Wildman–Crippen MR) is 186 cm³/mol. The maximum absolute atomic E-state index is 13.8. The van der Waals surface area contributed by atoms with Gasteiger partial charge in [-0.25, -0.2) is 9.78 Å². The van der Waals surface area contributed by atoms with Crippen molar-refractivity contribution in [2.24, 2.45) is 24.6 Å². The molecule has 0 spiro atoms. The number of nitrogens with two attached hydrogens (primary N) is 1. The second-order valence-corrected chi connectivity index (χ2v) is 14.2. The third kappa shape index (κ3) is 4.68. The Morgan fingerprint density at radius 2 is 1.77 bits per heavy atom. The van der Waals surface area contributed by atoms with Crippen molar-refractivity contribution >= 4 is 39.6 Å². The van der Waals surface area contributed by atoms with E-state index in [4.69, 9.17) is 15.5 Å². The zero-order chi connectivity index (χ0) is 32.7. The quantitative estimate of drug-likeness (QED) is 0.233. The number of hydrogen-bond donors (Lipinski definition) is 2. The Kier molecular flexibility index (Phi) is 6.79. The van der Waals surface area contributed by atoms with Gasteiger partial charge in [0.25, 0.3) is 5.91 Å². The number of para-hydroxylation sites is 2. The van der Waals surface area contributed by atoms with Gasteiger partial charge in [-0.05, 0) is 73.4 Å². The normalized spacial score (nSPS) is 22.1. The minimum Gasteiger partial charge on any atom is -0.494 e. The van der Waals surface area contributed by atoms with Crippen molar-refractivity contribution in [3.8, 4) is 17.3 Å². The molecule has 5 aromatic rings. The summed E-state index contributed by atoms with van der Waals surface area (Å²) >= 11 is 0. The van der Waals surface area contributed by atoms with E-state index in [0.717, 1.165) is 54.2 Å². The lowest BCUT2D eigenvalue weighted by molar-refractivity contribution is 0.0700. The molecule has 2 bridgehead atoms. The lowest BCUT2D eigenvalue weighted by Gasteiger charge is -2.39. The molecule has 48 heavy (non-hydrogen) atoms. The number of carbonyl (C=O) groups is 2. The third-order valence-corrected chi connectivity index (χ3v) is 11.3. The molecule has 2 saturated heterocycles. The van der Waals surface area contributed by atoms with Crippen molar-refractivity contribution in [1.29, 1.82) is 0 Å². The van der Waals surface area contributed by atoms with Gasteiger partial charge in [0, 0.05) is 67.9 Å². The highest BCUT2D eigenvalue weighted by atomic mass is 16.5. The zero-order valence-electron chi connectivity index (χ0n) is 27.4. The zero-order valence-corrected chi connectivity index (χ0v) is 27.4. The number of urea groups is 1. The fraction of sp³-hybridized carbons (Fsp3) is 0.395. The molecule has 4 heterocycles. The van der Waals surface area contributed by atoms with Crippen LogP contribution in [0.4, 0.5) is 10.5 Å². The molecule has 3 atom stereocenters. The second kappa shape index (κ2) is 11.1. The number of hydrogen-bond acceptors (Lipinski definition) is 5. The van der Waals surface area contributed by atoms with Gasteiger partial charge in [0.1, 0.15) is 11.3 Å². The number of aromatic nitrogens is 3. The van der Waals surface area contributed by atoms with E-state index in [2.05, 4.69) is 38.7 Å². The van der Waals surface area contributed by atoms with Crippen LogP contribution in [0.1, 0.15) is 47.5 Å². The van der Waals surface area contributed by atoms with Gasteiger partial charge >= 0.3 is 6.03 Å². The number of ether oxygens (including phenoxy) is 1. The number of nitrogens with zero attached hydrogens (tertiary/aromatic N) is 5. The van der Waals surface area contributed by atoms with E-state index in [-0.39, 0.29) is 29.9 Å². The number of amides is 3. The van der Waals surface area contributed by atoms with Crippen LogP contribution in [0.25, 0.3) is 33.5 Å². The summed E-state index contributed by atoms with van der Waals surface area (Å²) in [4.78, 5) is 35.8. The average Bonchev–Trinajstić information content (AvgIpc) is 3.46. The highest BCUT2D eigenvalue weighted by Gasteiger charge is 2.47. The fourth-order valence-corrected chi connectivity index (χ4v) is 8.45. The van der Waals surface area contributed by atoms with Crippen LogP contribution in [-0.2, 0) is 13.6 Å². The van der Waals surface area contributed by atoms with Crippen LogP contribution in [0, 0.1) is 11.8 Å². The molecule has 3 N–H and O–H groups in total. The first kappa shape index (κ1) is 29.3. The monoisotopic (exact) mass is 643 g/mol. The molecule has 2 saturated carbocycles. The molecule has 9 rings (SSSR count). The summed E-state index contributed by atoms with van der Waals surface area (Å²) in [6, 6.07) is 22.3. The van der Waals surface area contributed by atoms with Gasteiger partial charge in [0.15, 0.2) is 5.82 Å². The Morgan fingerprint density at radius 3 is 2.48 bits per heavy atom. The van der Waals surface area contributed by atoms with Crippen LogP contribution >= 0.6 is 0 Å². The molecule has 2 aliphatic carbocycles. The number of fused-ring (bicyclic) bond motifs is 4. The number of imidazole rings is 1. The molecule has 10 heteroatoms. The molecule has 0 unspecified atom stereocenters. The fourth-order valence-electron chi connectivity index (χ4n) is 8.45. The Hall–Kier alpha value is -4.83. The Labute approximate surface area is 279 Å². The Balaban J connectivity index is 1.07. The molecule has 0 radical (unpaired) electrons. The van der Waals surface area contributed by atoms with Gasteiger partial charge in [-0.2, -0.15) is 0 Å². The molecular formula is C38H41N7O3. The molecule has 2 aliphatic heterocycles. The molecule has 4 aliphatic rings. The number of piperidine rings is 1. The van der Waals surface area contributed by atoms with E-state index in [1.54, 1.807) is 7.11 Å². The van der Waals surface area contributed by atoms with Gasteiger partial charge < -0.3 is 34.7 Å². The molecule has 4 fully saturated rings.